The molecule has 14 heteroatoms. The Labute approximate surface area is 202 Å². The summed E-state index contributed by atoms with van der Waals surface area (Å²) in [6, 6.07) is 13.7. The Morgan fingerprint density at radius 1 is 1.06 bits per heavy atom. The molecule has 0 fully saturated rings. The van der Waals surface area contributed by atoms with Gasteiger partial charge in [-0.15, -0.1) is 10.2 Å². The molecule has 5 aromatic rings. The predicted molar refractivity (Wildman–Crippen MR) is 125 cm³/mol. The van der Waals surface area contributed by atoms with E-state index in [1.54, 1.807) is 49.5 Å². The van der Waals surface area contributed by atoms with Crippen molar-refractivity contribution in [1.82, 2.24) is 40.1 Å². The number of tetrazole rings is 1. The zero-order valence-corrected chi connectivity index (χ0v) is 18.9. The van der Waals surface area contributed by atoms with Crippen molar-refractivity contribution in [2.45, 2.75) is 6.43 Å². The first-order valence-corrected chi connectivity index (χ1v) is 10.5. The first-order chi connectivity index (χ1) is 17.4. The number of aryl methyl sites for hydroxylation is 1. The van der Waals surface area contributed by atoms with Crippen molar-refractivity contribution in [2.75, 3.05) is 17.7 Å². The minimum Gasteiger partial charge on any atom is -0.494 e. The van der Waals surface area contributed by atoms with E-state index in [4.69, 9.17) is 10.00 Å². The van der Waals surface area contributed by atoms with Crippen molar-refractivity contribution in [1.29, 1.82) is 5.26 Å². The van der Waals surface area contributed by atoms with Crippen molar-refractivity contribution in [2.24, 2.45) is 7.05 Å². The second-order valence-corrected chi connectivity index (χ2v) is 7.43. The van der Waals surface area contributed by atoms with E-state index in [1.165, 1.54) is 11.9 Å². The van der Waals surface area contributed by atoms with Gasteiger partial charge in [-0.05, 0) is 29.5 Å². The van der Waals surface area contributed by atoms with Gasteiger partial charge in [-0.25, -0.2) is 23.7 Å². The Morgan fingerprint density at radius 3 is 2.61 bits per heavy atom. The number of aromatic nitrogens is 8. The Hall–Kier alpha value is -5.19. The van der Waals surface area contributed by atoms with Crippen LogP contribution in [0.25, 0.3) is 22.6 Å². The van der Waals surface area contributed by atoms with Gasteiger partial charge in [0.15, 0.2) is 17.2 Å². The number of methoxy groups -OCH3 is 1. The molecule has 0 radical (unpaired) electrons. The number of hydrogen-bond donors (Lipinski definition) is 3. The van der Waals surface area contributed by atoms with Crippen LogP contribution < -0.4 is 15.4 Å². The monoisotopic (exact) mass is 489 g/mol. The zero-order valence-electron chi connectivity index (χ0n) is 18.9. The first kappa shape index (κ1) is 22.6. The third-order valence-corrected chi connectivity index (χ3v) is 5.04. The molecule has 180 valence electrons. The summed E-state index contributed by atoms with van der Waals surface area (Å²) in [5.41, 5.74) is 1.98. The standard InChI is InChI=1S/C22H17F2N11O/c1-35-33-20(32-34-35)12-6-4-7-13(18(12)36-2)27-14-9-16(28-15-8-3-5-11(10-25)26-15)29-21-17(14)30-22(31-21)19(23)24/h3-9,19H,1-2H3,(H3,26,27,28,29,30,31). The van der Waals surface area contributed by atoms with Crippen molar-refractivity contribution in [3.05, 3.63) is 54.0 Å². The number of fused-ring (bicyclic) bond motifs is 1. The normalized spacial score (nSPS) is 11.0. The molecule has 0 spiro atoms. The highest BCUT2D eigenvalue weighted by atomic mass is 19.3. The quantitative estimate of drug-likeness (QED) is 0.307. The summed E-state index contributed by atoms with van der Waals surface area (Å²) in [6.45, 7) is 0. The van der Waals surface area contributed by atoms with Crippen molar-refractivity contribution in [3.63, 3.8) is 0 Å². The third kappa shape index (κ3) is 4.32. The van der Waals surface area contributed by atoms with Crippen molar-refractivity contribution >= 4 is 34.2 Å². The third-order valence-electron chi connectivity index (χ3n) is 5.04. The van der Waals surface area contributed by atoms with Crippen LogP contribution in [0.3, 0.4) is 0 Å². The van der Waals surface area contributed by atoms with Gasteiger partial charge in [0.05, 0.1) is 31.1 Å². The molecule has 0 aliphatic heterocycles. The summed E-state index contributed by atoms with van der Waals surface area (Å²) in [5.74, 6) is 0.879. The van der Waals surface area contributed by atoms with E-state index >= 15 is 0 Å². The van der Waals surface area contributed by atoms with E-state index in [-0.39, 0.29) is 22.7 Å². The highest BCUT2D eigenvalue weighted by Gasteiger charge is 2.20. The summed E-state index contributed by atoms with van der Waals surface area (Å²) in [4.78, 5) is 16.4. The van der Waals surface area contributed by atoms with Gasteiger partial charge in [-0.2, -0.15) is 10.1 Å². The molecule has 0 atom stereocenters. The van der Waals surface area contributed by atoms with Gasteiger partial charge in [0.2, 0.25) is 5.82 Å². The smallest absolute Gasteiger partial charge is 0.295 e. The van der Waals surface area contributed by atoms with Crippen LogP contribution in [0.2, 0.25) is 0 Å². The molecule has 4 heterocycles. The lowest BCUT2D eigenvalue weighted by molar-refractivity contribution is 0.142. The minimum absolute atomic E-state index is 0.125. The number of benzene rings is 1. The molecular weight excluding hydrogens is 472 g/mol. The van der Waals surface area contributed by atoms with Gasteiger partial charge in [-0.1, -0.05) is 12.1 Å². The number of anilines is 4. The van der Waals surface area contributed by atoms with Gasteiger partial charge in [0, 0.05) is 6.07 Å². The van der Waals surface area contributed by atoms with E-state index in [2.05, 4.69) is 46.0 Å². The topological polar surface area (TPSA) is 155 Å². The molecule has 3 N–H and O–H groups in total. The Balaban J connectivity index is 1.60. The van der Waals surface area contributed by atoms with E-state index in [9.17, 15) is 8.78 Å². The highest BCUT2D eigenvalue weighted by molar-refractivity contribution is 5.92. The first-order valence-electron chi connectivity index (χ1n) is 10.5. The number of H-pyrrole nitrogens is 1. The average molecular weight is 489 g/mol. The van der Waals surface area contributed by atoms with Crippen LogP contribution in [0.15, 0.2) is 42.5 Å². The number of hydrogen-bond acceptors (Lipinski definition) is 10. The van der Waals surface area contributed by atoms with Gasteiger partial charge < -0.3 is 20.4 Å². The maximum Gasteiger partial charge on any atom is 0.295 e. The lowest BCUT2D eigenvalue weighted by Gasteiger charge is -2.15. The van der Waals surface area contributed by atoms with Crippen molar-refractivity contribution in [3.8, 4) is 23.2 Å². The molecule has 0 bridgehead atoms. The van der Waals surface area contributed by atoms with Crippen LogP contribution in [0.5, 0.6) is 5.75 Å². The Morgan fingerprint density at radius 2 is 1.89 bits per heavy atom. The summed E-state index contributed by atoms with van der Waals surface area (Å²) < 4.78 is 32.5. The summed E-state index contributed by atoms with van der Waals surface area (Å²) in [6.07, 6.45) is -2.82. The highest BCUT2D eigenvalue weighted by Crippen LogP contribution is 2.38. The van der Waals surface area contributed by atoms with Crippen LogP contribution in [0.4, 0.5) is 31.8 Å². The number of alkyl halides is 2. The number of nitriles is 1. The van der Waals surface area contributed by atoms with Crippen LogP contribution >= 0.6 is 0 Å². The lowest BCUT2D eigenvalue weighted by Crippen LogP contribution is -2.01. The van der Waals surface area contributed by atoms with Crippen LogP contribution in [-0.2, 0) is 7.05 Å². The van der Waals surface area contributed by atoms with Crippen molar-refractivity contribution < 1.29 is 13.5 Å². The number of para-hydroxylation sites is 1. The Kier molecular flexibility index (Phi) is 5.79. The minimum atomic E-state index is -2.82. The number of halogens is 2. The molecule has 5 rings (SSSR count). The van der Waals surface area contributed by atoms with Gasteiger partial charge in [-0.3, -0.25) is 0 Å². The molecule has 0 saturated carbocycles. The maximum absolute atomic E-state index is 13.4. The molecule has 0 unspecified atom stereocenters. The van der Waals surface area contributed by atoms with Gasteiger partial charge >= 0.3 is 0 Å². The second-order valence-electron chi connectivity index (χ2n) is 7.43. The molecule has 1 aromatic carbocycles. The largest absolute Gasteiger partial charge is 0.494 e. The second kappa shape index (κ2) is 9.22. The number of ether oxygens (including phenoxy) is 1. The average Bonchev–Trinajstić information content (AvgIpc) is 3.50. The van der Waals surface area contributed by atoms with E-state index < -0.39 is 12.2 Å². The molecule has 0 amide bonds. The van der Waals surface area contributed by atoms with Crippen LogP contribution in [-0.4, -0.2) is 47.3 Å². The van der Waals surface area contributed by atoms with E-state index in [0.29, 0.717) is 34.3 Å². The molecular formula is C22H17F2N11O. The number of aromatic amines is 1. The number of rotatable bonds is 7. The number of imidazole rings is 1. The van der Waals surface area contributed by atoms with E-state index in [0.717, 1.165) is 0 Å². The molecule has 4 aromatic heterocycles. The fraction of sp³-hybridized carbons (Fsp3) is 0.136. The van der Waals surface area contributed by atoms with E-state index in [1.807, 2.05) is 6.07 Å². The zero-order chi connectivity index (χ0) is 25.2. The summed E-state index contributed by atoms with van der Waals surface area (Å²) in [7, 11) is 3.14. The molecule has 12 nitrogen and oxygen atoms in total. The Bertz CT molecular complexity index is 1610. The fourth-order valence-corrected chi connectivity index (χ4v) is 3.54. The molecule has 0 saturated heterocycles. The molecule has 36 heavy (non-hydrogen) atoms. The molecule has 0 aliphatic rings. The molecule has 0 aliphatic carbocycles. The predicted octanol–water partition coefficient (Wildman–Crippen LogP) is 3.85. The lowest BCUT2D eigenvalue weighted by atomic mass is 10.1. The summed E-state index contributed by atoms with van der Waals surface area (Å²) >= 11 is 0. The number of nitrogens with one attached hydrogen (secondary N) is 3. The number of pyridine rings is 2. The van der Waals surface area contributed by atoms with Crippen LogP contribution in [0.1, 0.15) is 17.9 Å². The van der Waals surface area contributed by atoms with Gasteiger partial charge in [0.1, 0.15) is 28.9 Å². The SMILES string of the molecule is COc1c(Nc2cc(Nc3cccc(C#N)n3)nc3[nH]c(C(F)F)nc23)cccc1-c1nnn(C)n1. The van der Waals surface area contributed by atoms with Gasteiger partial charge in [0.25, 0.3) is 6.43 Å². The number of nitrogens with zero attached hydrogens (tertiary/aromatic N) is 8. The maximum atomic E-state index is 13.4. The van der Waals surface area contributed by atoms with Crippen LogP contribution in [0, 0.1) is 11.3 Å². The fourth-order valence-electron chi connectivity index (χ4n) is 3.54. The summed E-state index contributed by atoms with van der Waals surface area (Å²) in [5, 5.41) is 27.4.